The quantitative estimate of drug-likeness (QED) is 0.817. The van der Waals surface area contributed by atoms with Gasteiger partial charge in [-0.3, -0.25) is 4.79 Å². The minimum absolute atomic E-state index is 0.0000350. The lowest BCUT2D eigenvalue weighted by atomic mass is 10.2. The van der Waals surface area contributed by atoms with Crippen molar-refractivity contribution in [2.45, 2.75) is 11.8 Å². The van der Waals surface area contributed by atoms with E-state index in [9.17, 15) is 22.8 Å². The van der Waals surface area contributed by atoms with Gasteiger partial charge in [-0.2, -0.15) is 0 Å². The molecule has 1 aliphatic rings. The van der Waals surface area contributed by atoms with E-state index >= 15 is 0 Å². The zero-order valence-corrected chi connectivity index (χ0v) is 11.1. The summed E-state index contributed by atoms with van der Waals surface area (Å²) < 4.78 is 28.6. The molecule has 0 saturated carbocycles. The molecule has 0 spiro atoms. The number of nitrogens with zero attached hydrogens (tertiary/aromatic N) is 1. The van der Waals surface area contributed by atoms with Crippen molar-refractivity contribution in [3.8, 4) is 0 Å². The summed E-state index contributed by atoms with van der Waals surface area (Å²) in [5, 5.41) is 1.67. The number of carbonyl (C=O) groups excluding carboxylic acids is 3. The van der Waals surface area contributed by atoms with Crippen LogP contribution in [0.2, 0.25) is 0 Å². The molecule has 8 nitrogen and oxygen atoms in total. The third-order valence-electron chi connectivity index (χ3n) is 2.49. The average Bonchev–Trinajstić information content (AvgIpc) is 2.58. The van der Waals surface area contributed by atoms with Crippen molar-refractivity contribution in [1.82, 2.24) is 9.62 Å². The molecule has 0 bridgehead atoms. The lowest BCUT2D eigenvalue weighted by Gasteiger charge is -2.13. The second-order valence-corrected chi connectivity index (χ2v) is 5.48. The van der Waals surface area contributed by atoms with Crippen molar-refractivity contribution < 1.29 is 27.5 Å². The molecule has 1 aromatic carbocycles. The van der Waals surface area contributed by atoms with Crippen LogP contribution in [0, 0.1) is 0 Å². The standard InChI is InChI=1S/C11H10N2O6S/c1-2-19-11(16)12-10(15)13-9(14)7-5-3-4-6-8(7)20(13,17)18/h3-6H,2H2,1H3,(H,12,15,16). The van der Waals surface area contributed by atoms with Gasteiger partial charge in [0.2, 0.25) is 0 Å². The molecule has 2 rings (SSSR count). The average molecular weight is 298 g/mol. The van der Waals surface area contributed by atoms with Crippen molar-refractivity contribution >= 4 is 28.1 Å². The van der Waals surface area contributed by atoms with Gasteiger partial charge in [0.05, 0.1) is 12.2 Å². The van der Waals surface area contributed by atoms with Crippen molar-refractivity contribution in [2.75, 3.05) is 6.61 Å². The van der Waals surface area contributed by atoms with Crippen LogP contribution >= 0.6 is 0 Å². The van der Waals surface area contributed by atoms with E-state index in [4.69, 9.17) is 0 Å². The van der Waals surface area contributed by atoms with Crippen LogP contribution in [-0.4, -0.2) is 37.4 Å². The molecule has 1 aliphatic heterocycles. The Labute approximate surface area is 114 Å². The first-order chi connectivity index (χ1) is 9.39. The van der Waals surface area contributed by atoms with E-state index < -0.39 is 28.1 Å². The Balaban J connectivity index is 2.34. The topological polar surface area (TPSA) is 110 Å². The van der Waals surface area contributed by atoms with Gasteiger partial charge in [0.1, 0.15) is 4.90 Å². The van der Waals surface area contributed by atoms with Gasteiger partial charge in [0, 0.05) is 0 Å². The molecular weight excluding hydrogens is 288 g/mol. The minimum Gasteiger partial charge on any atom is -0.450 e. The van der Waals surface area contributed by atoms with Crippen molar-refractivity contribution in [3.05, 3.63) is 29.8 Å². The fraction of sp³-hybridized carbons (Fsp3) is 0.182. The van der Waals surface area contributed by atoms with E-state index in [-0.39, 0.29) is 21.4 Å². The zero-order chi connectivity index (χ0) is 14.9. The normalized spacial score (nSPS) is 15.7. The molecule has 0 unspecified atom stereocenters. The molecule has 0 fully saturated rings. The number of sulfonamides is 1. The fourth-order valence-corrected chi connectivity index (χ4v) is 3.15. The predicted octanol–water partition coefficient (Wildman–Crippen LogP) is 0.697. The summed E-state index contributed by atoms with van der Waals surface area (Å²) in [6, 6.07) is 4.02. The summed E-state index contributed by atoms with van der Waals surface area (Å²) in [6.45, 7) is 1.51. The molecule has 1 heterocycles. The smallest absolute Gasteiger partial charge is 0.415 e. The van der Waals surface area contributed by atoms with E-state index in [0.717, 1.165) is 0 Å². The summed E-state index contributed by atoms with van der Waals surface area (Å²) in [4.78, 5) is 34.5. The molecule has 9 heteroatoms. The number of imide groups is 2. The number of hydrogen-bond donors (Lipinski definition) is 1. The number of ether oxygens (including phenoxy) is 1. The van der Waals surface area contributed by atoms with E-state index in [0.29, 0.717) is 0 Å². The monoisotopic (exact) mass is 298 g/mol. The molecule has 0 radical (unpaired) electrons. The Hall–Kier alpha value is -2.42. The maximum absolute atomic E-state index is 12.1. The van der Waals surface area contributed by atoms with Crippen molar-refractivity contribution in [2.24, 2.45) is 0 Å². The molecule has 1 aromatic rings. The number of urea groups is 1. The third kappa shape index (κ3) is 2.11. The van der Waals surface area contributed by atoms with E-state index in [2.05, 4.69) is 4.74 Å². The molecule has 0 atom stereocenters. The Morgan fingerprint density at radius 2 is 1.95 bits per heavy atom. The largest absolute Gasteiger partial charge is 0.450 e. The number of fused-ring (bicyclic) bond motifs is 1. The van der Waals surface area contributed by atoms with Gasteiger partial charge in [-0.05, 0) is 19.1 Å². The van der Waals surface area contributed by atoms with Crippen LogP contribution in [0.1, 0.15) is 17.3 Å². The Morgan fingerprint density at radius 3 is 2.55 bits per heavy atom. The first kappa shape index (κ1) is 14.0. The molecule has 0 aliphatic carbocycles. The van der Waals surface area contributed by atoms with Crippen LogP contribution in [0.4, 0.5) is 9.59 Å². The third-order valence-corrected chi connectivity index (χ3v) is 4.21. The first-order valence-electron chi connectivity index (χ1n) is 5.56. The number of carbonyl (C=O) groups is 3. The summed E-state index contributed by atoms with van der Waals surface area (Å²) in [5.74, 6) is -1.01. The summed E-state index contributed by atoms with van der Waals surface area (Å²) in [7, 11) is -4.29. The van der Waals surface area contributed by atoms with Crippen molar-refractivity contribution in [1.29, 1.82) is 0 Å². The van der Waals surface area contributed by atoms with Crippen LogP contribution in [0.3, 0.4) is 0 Å². The predicted molar refractivity (Wildman–Crippen MR) is 65.4 cm³/mol. The molecule has 4 amide bonds. The Morgan fingerprint density at radius 1 is 1.30 bits per heavy atom. The highest BCUT2D eigenvalue weighted by atomic mass is 32.2. The highest BCUT2D eigenvalue weighted by Gasteiger charge is 2.45. The molecule has 1 N–H and O–H groups in total. The molecule has 0 aromatic heterocycles. The highest BCUT2D eigenvalue weighted by molar-refractivity contribution is 7.90. The minimum atomic E-state index is -4.29. The van der Waals surface area contributed by atoms with Crippen LogP contribution in [0.15, 0.2) is 29.2 Å². The number of rotatable bonds is 1. The van der Waals surface area contributed by atoms with Gasteiger partial charge in [-0.25, -0.2) is 23.3 Å². The van der Waals surface area contributed by atoms with Crippen LogP contribution in [0.5, 0.6) is 0 Å². The van der Waals surface area contributed by atoms with Crippen LogP contribution in [0.25, 0.3) is 0 Å². The van der Waals surface area contributed by atoms with Crippen LogP contribution < -0.4 is 5.32 Å². The number of amides is 4. The first-order valence-corrected chi connectivity index (χ1v) is 7.00. The second-order valence-electron chi connectivity index (χ2n) is 3.72. The maximum atomic E-state index is 12.1. The maximum Gasteiger partial charge on any atom is 0.415 e. The number of alkyl carbamates (subject to hydrolysis) is 1. The van der Waals surface area contributed by atoms with Gasteiger partial charge >= 0.3 is 12.1 Å². The summed E-state index contributed by atoms with van der Waals surface area (Å²) >= 11 is 0. The van der Waals surface area contributed by atoms with E-state index in [1.807, 2.05) is 0 Å². The van der Waals surface area contributed by atoms with Gasteiger partial charge in [0.25, 0.3) is 15.9 Å². The molecule has 0 saturated heterocycles. The number of benzene rings is 1. The highest BCUT2D eigenvalue weighted by Crippen LogP contribution is 2.29. The summed E-state index contributed by atoms with van der Waals surface area (Å²) in [6.07, 6.45) is -1.13. The van der Waals surface area contributed by atoms with E-state index in [1.165, 1.54) is 31.2 Å². The lowest BCUT2D eigenvalue weighted by Crippen LogP contribution is -2.45. The molecule has 106 valence electrons. The number of hydrogen-bond acceptors (Lipinski definition) is 6. The van der Waals surface area contributed by atoms with Crippen LogP contribution in [-0.2, 0) is 14.8 Å². The summed E-state index contributed by atoms with van der Waals surface area (Å²) in [5.41, 5.74) is -0.119. The molecular formula is C11H10N2O6S. The van der Waals surface area contributed by atoms with Gasteiger partial charge < -0.3 is 4.74 Å². The van der Waals surface area contributed by atoms with E-state index in [1.54, 1.807) is 5.32 Å². The Bertz CT molecular complexity index is 697. The van der Waals surface area contributed by atoms with Crippen molar-refractivity contribution in [3.63, 3.8) is 0 Å². The molecule has 20 heavy (non-hydrogen) atoms. The number of nitrogens with one attached hydrogen (secondary N) is 1. The Kier molecular flexibility index (Phi) is 3.45. The SMILES string of the molecule is CCOC(=O)NC(=O)N1C(=O)c2ccccc2S1(=O)=O. The fourth-order valence-electron chi connectivity index (χ4n) is 1.69. The van der Waals surface area contributed by atoms with Gasteiger partial charge in [-0.15, -0.1) is 4.31 Å². The zero-order valence-electron chi connectivity index (χ0n) is 10.3. The van der Waals surface area contributed by atoms with Gasteiger partial charge in [0.15, 0.2) is 0 Å². The lowest BCUT2D eigenvalue weighted by molar-refractivity contribution is 0.0892. The van der Waals surface area contributed by atoms with Gasteiger partial charge in [-0.1, -0.05) is 12.1 Å². The second kappa shape index (κ2) is 4.93.